The Morgan fingerprint density at radius 3 is 2.73 bits per heavy atom. The molecule has 0 saturated heterocycles. The topological polar surface area (TPSA) is 42.2 Å². The second-order valence-corrected chi connectivity index (χ2v) is 6.05. The van der Waals surface area contributed by atoms with Crippen molar-refractivity contribution < 1.29 is 13.6 Å². The van der Waals surface area contributed by atoms with E-state index in [-0.39, 0.29) is 11.4 Å². The molecule has 0 saturated carbocycles. The SMILES string of the molecule is Cc1ccc(F)c(NC(=O)c2oc3ccc(Br)cc3c2C)c1. The van der Waals surface area contributed by atoms with E-state index in [2.05, 4.69) is 21.2 Å². The lowest BCUT2D eigenvalue weighted by molar-refractivity contribution is 0.0997. The number of hydrogen-bond acceptors (Lipinski definition) is 2. The standard InChI is InChI=1S/C17H13BrFNO2/c1-9-3-5-13(19)14(7-9)20-17(21)16-10(2)12-8-11(18)4-6-15(12)22-16/h3-8H,1-2H3,(H,20,21). The van der Waals surface area contributed by atoms with Crippen LogP contribution in [0.5, 0.6) is 0 Å². The summed E-state index contributed by atoms with van der Waals surface area (Å²) in [5.74, 6) is -0.751. The smallest absolute Gasteiger partial charge is 0.291 e. The summed E-state index contributed by atoms with van der Waals surface area (Å²) in [7, 11) is 0. The van der Waals surface area contributed by atoms with E-state index in [0.717, 1.165) is 21.0 Å². The fraction of sp³-hybridized carbons (Fsp3) is 0.118. The summed E-state index contributed by atoms with van der Waals surface area (Å²) in [4.78, 5) is 12.4. The zero-order valence-electron chi connectivity index (χ0n) is 12.0. The Balaban J connectivity index is 1.99. The van der Waals surface area contributed by atoms with Crippen molar-refractivity contribution in [2.45, 2.75) is 13.8 Å². The molecule has 3 aromatic rings. The van der Waals surface area contributed by atoms with Gasteiger partial charge in [-0.2, -0.15) is 0 Å². The van der Waals surface area contributed by atoms with Gasteiger partial charge in [0.25, 0.3) is 5.91 Å². The third-order valence-electron chi connectivity index (χ3n) is 3.47. The average molecular weight is 362 g/mol. The van der Waals surface area contributed by atoms with E-state index in [1.54, 1.807) is 25.1 Å². The molecule has 3 nitrogen and oxygen atoms in total. The van der Waals surface area contributed by atoms with Gasteiger partial charge in [0.2, 0.25) is 0 Å². The minimum Gasteiger partial charge on any atom is -0.451 e. The summed E-state index contributed by atoms with van der Waals surface area (Å²) < 4.78 is 20.3. The van der Waals surface area contributed by atoms with Crippen LogP contribution < -0.4 is 5.32 Å². The Kier molecular flexibility index (Phi) is 3.74. The van der Waals surface area contributed by atoms with Crippen molar-refractivity contribution in [3.05, 3.63) is 63.6 Å². The molecule has 2 aromatic carbocycles. The number of anilines is 1. The van der Waals surface area contributed by atoms with Crippen molar-refractivity contribution in [3.8, 4) is 0 Å². The van der Waals surface area contributed by atoms with Crippen LogP contribution in [0, 0.1) is 19.7 Å². The molecular weight excluding hydrogens is 349 g/mol. The van der Waals surface area contributed by atoms with E-state index >= 15 is 0 Å². The number of hydrogen-bond donors (Lipinski definition) is 1. The lowest BCUT2D eigenvalue weighted by Crippen LogP contribution is -2.13. The number of benzene rings is 2. The number of halogens is 2. The van der Waals surface area contributed by atoms with Gasteiger partial charge in [-0.05, 0) is 49.7 Å². The fourth-order valence-corrected chi connectivity index (χ4v) is 2.68. The first kappa shape index (κ1) is 14.8. The van der Waals surface area contributed by atoms with Crippen LogP contribution in [-0.4, -0.2) is 5.91 Å². The Bertz CT molecular complexity index is 886. The molecule has 1 N–H and O–H groups in total. The molecule has 1 heterocycles. The molecule has 0 bridgehead atoms. The molecule has 0 aliphatic carbocycles. The summed E-state index contributed by atoms with van der Waals surface area (Å²) in [6.45, 7) is 3.64. The van der Waals surface area contributed by atoms with Crippen molar-refractivity contribution >= 4 is 38.5 Å². The minimum atomic E-state index is -0.476. The van der Waals surface area contributed by atoms with Gasteiger partial charge in [-0.1, -0.05) is 22.0 Å². The quantitative estimate of drug-likeness (QED) is 0.681. The highest BCUT2D eigenvalue weighted by atomic mass is 79.9. The predicted octanol–water partition coefficient (Wildman–Crippen LogP) is 5.20. The maximum atomic E-state index is 13.8. The van der Waals surface area contributed by atoms with Crippen LogP contribution in [-0.2, 0) is 0 Å². The Hall–Kier alpha value is -2.14. The lowest BCUT2D eigenvalue weighted by atomic mass is 10.1. The fourth-order valence-electron chi connectivity index (χ4n) is 2.32. The van der Waals surface area contributed by atoms with Crippen LogP contribution in [0.4, 0.5) is 10.1 Å². The second-order valence-electron chi connectivity index (χ2n) is 5.13. The van der Waals surface area contributed by atoms with Gasteiger partial charge in [0.05, 0.1) is 5.69 Å². The third-order valence-corrected chi connectivity index (χ3v) is 3.97. The first-order valence-corrected chi connectivity index (χ1v) is 7.51. The van der Waals surface area contributed by atoms with Gasteiger partial charge in [-0.25, -0.2) is 4.39 Å². The molecule has 0 aliphatic heterocycles. The first-order valence-electron chi connectivity index (χ1n) is 6.72. The number of furan rings is 1. The molecule has 0 atom stereocenters. The number of amides is 1. The zero-order chi connectivity index (χ0) is 15.9. The van der Waals surface area contributed by atoms with Crippen molar-refractivity contribution in [3.63, 3.8) is 0 Å². The Morgan fingerprint density at radius 1 is 1.18 bits per heavy atom. The van der Waals surface area contributed by atoms with Crippen molar-refractivity contribution in [2.24, 2.45) is 0 Å². The maximum Gasteiger partial charge on any atom is 0.291 e. The van der Waals surface area contributed by atoms with E-state index in [1.807, 2.05) is 19.1 Å². The third kappa shape index (κ3) is 2.64. The first-order chi connectivity index (χ1) is 10.5. The molecule has 0 radical (unpaired) electrons. The summed E-state index contributed by atoms with van der Waals surface area (Å²) >= 11 is 3.39. The van der Waals surface area contributed by atoms with Gasteiger partial charge >= 0.3 is 0 Å². The van der Waals surface area contributed by atoms with E-state index in [4.69, 9.17) is 4.42 Å². The molecule has 22 heavy (non-hydrogen) atoms. The van der Waals surface area contributed by atoms with Crippen LogP contribution in [0.1, 0.15) is 21.7 Å². The van der Waals surface area contributed by atoms with Gasteiger partial charge in [-0.3, -0.25) is 4.79 Å². The number of carbonyl (C=O) groups is 1. The largest absolute Gasteiger partial charge is 0.451 e. The predicted molar refractivity (Wildman–Crippen MR) is 87.7 cm³/mol. The highest BCUT2D eigenvalue weighted by molar-refractivity contribution is 9.10. The molecule has 0 aliphatic rings. The highest BCUT2D eigenvalue weighted by Crippen LogP contribution is 2.29. The number of rotatable bonds is 2. The molecule has 1 aromatic heterocycles. The minimum absolute atomic E-state index is 0.144. The van der Waals surface area contributed by atoms with Gasteiger partial charge in [0, 0.05) is 15.4 Å². The van der Waals surface area contributed by atoms with E-state index in [9.17, 15) is 9.18 Å². The van der Waals surface area contributed by atoms with E-state index in [0.29, 0.717) is 5.58 Å². The second kappa shape index (κ2) is 5.57. The molecule has 0 spiro atoms. The molecule has 0 unspecified atom stereocenters. The average Bonchev–Trinajstić information content (AvgIpc) is 2.80. The molecule has 0 fully saturated rings. The molecule has 5 heteroatoms. The number of nitrogens with one attached hydrogen (secondary N) is 1. The molecular formula is C17H13BrFNO2. The molecule has 3 rings (SSSR count). The number of fused-ring (bicyclic) bond motifs is 1. The van der Waals surface area contributed by atoms with Crippen LogP contribution in [0.2, 0.25) is 0 Å². The van der Waals surface area contributed by atoms with E-state index in [1.165, 1.54) is 6.07 Å². The van der Waals surface area contributed by atoms with Crippen LogP contribution >= 0.6 is 15.9 Å². The highest BCUT2D eigenvalue weighted by Gasteiger charge is 2.19. The summed E-state index contributed by atoms with van der Waals surface area (Å²) in [5, 5.41) is 3.42. The maximum absolute atomic E-state index is 13.8. The van der Waals surface area contributed by atoms with Crippen LogP contribution in [0.25, 0.3) is 11.0 Å². The Labute approximate surface area is 135 Å². The van der Waals surface area contributed by atoms with Gasteiger partial charge in [-0.15, -0.1) is 0 Å². The zero-order valence-corrected chi connectivity index (χ0v) is 13.6. The summed E-state index contributed by atoms with van der Waals surface area (Å²) in [5.41, 5.74) is 2.35. The van der Waals surface area contributed by atoms with Crippen LogP contribution in [0.3, 0.4) is 0 Å². The number of aryl methyl sites for hydroxylation is 2. The molecule has 112 valence electrons. The normalized spacial score (nSPS) is 10.9. The van der Waals surface area contributed by atoms with Crippen LogP contribution in [0.15, 0.2) is 45.3 Å². The summed E-state index contributed by atoms with van der Waals surface area (Å²) in [6, 6.07) is 10.1. The summed E-state index contributed by atoms with van der Waals surface area (Å²) in [6.07, 6.45) is 0. The van der Waals surface area contributed by atoms with Gasteiger partial charge in [0.15, 0.2) is 5.76 Å². The van der Waals surface area contributed by atoms with E-state index < -0.39 is 11.7 Å². The van der Waals surface area contributed by atoms with Crippen molar-refractivity contribution in [1.29, 1.82) is 0 Å². The van der Waals surface area contributed by atoms with Gasteiger partial charge < -0.3 is 9.73 Å². The molecule has 1 amide bonds. The Morgan fingerprint density at radius 2 is 1.95 bits per heavy atom. The monoisotopic (exact) mass is 361 g/mol. The number of carbonyl (C=O) groups excluding carboxylic acids is 1. The van der Waals surface area contributed by atoms with Gasteiger partial charge in [0.1, 0.15) is 11.4 Å². The lowest BCUT2D eigenvalue weighted by Gasteiger charge is -2.06. The van der Waals surface area contributed by atoms with Crippen molar-refractivity contribution in [1.82, 2.24) is 0 Å². The van der Waals surface area contributed by atoms with Crippen molar-refractivity contribution in [2.75, 3.05) is 5.32 Å².